The Morgan fingerprint density at radius 1 is 1.35 bits per heavy atom. The van der Waals surface area contributed by atoms with Gasteiger partial charge in [0, 0.05) is 25.6 Å². The van der Waals surface area contributed by atoms with Crippen LogP contribution in [-0.4, -0.2) is 49.8 Å². The summed E-state index contributed by atoms with van der Waals surface area (Å²) in [5.74, 6) is 1.34. The largest absolute Gasteiger partial charge is 0.411 e. The maximum Gasteiger partial charge on any atom is 0.411 e. The van der Waals surface area contributed by atoms with Crippen molar-refractivity contribution in [2.24, 2.45) is 5.92 Å². The second kappa shape index (κ2) is 7.44. The molecule has 0 aromatic carbocycles. The van der Waals surface area contributed by atoms with Crippen LogP contribution in [0.15, 0.2) is 0 Å². The van der Waals surface area contributed by atoms with E-state index in [9.17, 15) is 13.2 Å². The van der Waals surface area contributed by atoms with Crippen molar-refractivity contribution >= 4 is 11.6 Å². The summed E-state index contributed by atoms with van der Waals surface area (Å²) < 4.78 is 39.9. The zero-order valence-electron chi connectivity index (χ0n) is 9.81. The molecule has 1 heterocycles. The smallest absolute Gasteiger partial charge is 0.372 e. The quantitative estimate of drug-likeness (QED) is 0.522. The third-order valence-corrected chi connectivity index (χ3v) is 3.13. The highest BCUT2D eigenvalue weighted by molar-refractivity contribution is 6.17. The summed E-state index contributed by atoms with van der Waals surface area (Å²) in [5, 5.41) is 0. The third kappa shape index (κ3) is 7.11. The lowest BCUT2D eigenvalue weighted by molar-refractivity contribution is -0.174. The van der Waals surface area contributed by atoms with Crippen LogP contribution in [0.1, 0.15) is 19.3 Å². The second-order valence-electron chi connectivity index (χ2n) is 4.45. The molecule has 0 amide bonds. The maximum atomic E-state index is 11.8. The zero-order chi connectivity index (χ0) is 12.7. The summed E-state index contributed by atoms with van der Waals surface area (Å²) in [6.07, 6.45) is -1.37. The first kappa shape index (κ1) is 15.1. The standard InChI is InChI=1S/C11H19ClF3NO/c12-4-2-10-3-6-16(8-10)5-1-7-17-9-11(13,14)15/h10H,1-9H2. The molecule has 0 aromatic rings. The predicted molar refractivity (Wildman–Crippen MR) is 61.4 cm³/mol. The van der Waals surface area contributed by atoms with Gasteiger partial charge in [0.15, 0.2) is 0 Å². The molecule has 0 spiro atoms. The number of rotatable bonds is 7. The Hall–Kier alpha value is 0. The van der Waals surface area contributed by atoms with E-state index < -0.39 is 12.8 Å². The number of halogens is 4. The number of hydrogen-bond donors (Lipinski definition) is 0. The fourth-order valence-electron chi connectivity index (χ4n) is 2.08. The summed E-state index contributed by atoms with van der Waals surface area (Å²) in [4.78, 5) is 2.27. The Labute approximate surface area is 105 Å². The minimum atomic E-state index is -4.21. The Morgan fingerprint density at radius 3 is 2.76 bits per heavy atom. The Kier molecular flexibility index (Phi) is 6.59. The number of alkyl halides is 4. The molecule has 6 heteroatoms. The summed E-state index contributed by atoms with van der Waals surface area (Å²) in [5.41, 5.74) is 0. The SMILES string of the molecule is FC(F)(F)COCCCN1CCC(CCCl)C1. The summed E-state index contributed by atoms with van der Waals surface area (Å²) >= 11 is 5.67. The van der Waals surface area contributed by atoms with Crippen LogP contribution >= 0.6 is 11.6 Å². The van der Waals surface area contributed by atoms with Gasteiger partial charge >= 0.3 is 6.18 Å². The summed E-state index contributed by atoms with van der Waals surface area (Å²) in [7, 11) is 0. The van der Waals surface area contributed by atoms with Crippen LogP contribution in [-0.2, 0) is 4.74 Å². The van der Waals surface area contributed by atoms with Crippen molar-refractivity contribution in [3.63, 3.8) is 0 Å². The molecular formula is C11H19ClF3NO. The molecule has 1 atom stereocenters. The van der Waals surface area contributed by atoms with Crippen LogP contribution in [0.5, 0.6) is 0 Å². The van der Waals surface area contributed by atoms with Crippen LogP contribution < -0.4 is 0 Å². The molecule has 1 aliphatic rings. The minimum Gasteiger partial charge on any atom is -0.372 e. The maximum absolute atomic E-state index is 11.8. The van der Waals surface area contributed by atoms with E-state index in [0.29, 0.717) is 18.2 Å². The van der Waals surface area contributed by atoms with Crippen LogP contribution in [0.4, 0.5) is 13.2 Å². The van der Waals surface area contributed by atoms with E-state index in [1.165, 1.54) is 0 Å². The van der Waals surface area contributed by atoms with E-state index >= 15 is 0 Å². The van der Waals surface area contributed by atoms with Gasteiger partial charge in [0.2, 0.25) is 0 Å². The topological polar surface area (TPSA) is 12.5 Å². The molecule has 0 bridgehead atoms. The Balaban J connectivity index is 1.97. The average molecular weight is 274 g/mol. The zero-order valence-corrected chi connectivity index (χ0v) is 10.6. The van der Waals surface area contributed by atoms with Gasteiger partial charge in [0.05, 0.1) is 0 Å². The number of likely N-dealkylation sites (tertiary alicyclic amines) is 1. The van der Waals surface area contributed by atoms with E-state index in [1.54, 1.807) is 0 Å². The van der Waals surface area contributed by atoms with Crippen LogP contribution in [0.25, 0.3) is 0 Å². The van der Waals surface area contributed by atoms with Crippen molar-refractivity contribution in [2.75, 3.05) is 38.7 Å². The van der Waals surface area contributed by atoms with Gasteiger partial charge in [-0.3, -0.25) is 0 Å². The number of nitrogens with zero attached hydrogens (tertiary/aromatic N) is 1. The lowest BCUT2D eigenvalue weighted by Gasteiger charge is -2.15. The van der Waals surface area contributed by atoms with Gasteiger partial charge in [-0.25, -0.2) is 0 Å². The molecule has 1 fully saturated rings. The number of hydrogen-bond acceptors (Lipinski definition) is 2. The third-order valence-electron chi connectivity index (χ3n) is 2.92. The fraction of sp³-hybridized carbons (Fsp3) is 1.00. The van der Waals surface area contributed by atoms with E-state index in [0.717, 1.165) is 32.5 Å². The lowest BCUT2D eigenvalue weighted by Crippen LogP contribution is -2.24. The average Bonchev–Trinajstić information content (AvgIpc) is 2.64. The molecule has 0 N–H and O–H groups in total. The van der Waals surface area contributed by atoms with Crippen molar-refractivity contribution in [1.82, 2.24) is 4.90 Å². The van der Waals surface area contributed by atoms with Gasteiger partial charge in [-0.2, -0.15) is 13.2 Å². The van der Waals surface area contributed by atoms with Crippen molar-refractivity contribution < 1.29 is 17.9 Å². The first-order valence-corrected chi connectivity index (χ1v) is 6.47. The van der Waals surface area contributed by atoms with Gasteiger partial charge in [-0.15, -0.1) is 11.6 Å². The van der Waals surface area contributed by atoms with Crippen molar-refractivity contribution in [3.05, 3.63) is 0 Å². The van der Waals surface area contributed by atoms with Gasteiger partial charge in [-0.1, -0.05) is 0 Å². The van der Waals surface area contributed by atoms with Crippen molar-refractivity contribution in [1.29, 1.82) is 0 Å². The predicted octanol–water partition coefficient (Wildman–Crippen LogP) is 2.91. The summed E-state index contributed by atoms with van der Waals surface area (Å²) in [6, 6.07) is 0. The summed E-state index contributed by atoms with van der Waals surface area (Å²) in [6.45, 7) is 1.90. The highest BCUT2D eigenvalue weighted by Gasteiger charge is 2.27. The van der Waals surface area contributed by atoms with Crippen molar-refractivity contribution in [3.8, 4) is 0 Å². The normalized spacial score (nSPS) is 22.2. The highest BCUT2D eigenvalue weighted by Crippen LogP contribution is 2.20. The number of ether oxygens (including phenoxy) is 1. The minimum absolute atomic E-state index is 0.177. The van der Waals surface area contributed by atoms with Crippen molar-refractivity contribution in [2.45, 2.75) is 25.4 Å². The Bertz CT molecular complexity index is 213. The highest BCUT2D eigenvalue weighted by atomic mass is 35.5. The second-order valence-corrected chi connectivity index (χ2v) is 4.83. The molecule has 2 nitrogen and oxygen atoms in total. The molecule has 0 saturated carbocycles. The molecule has 0 radical (unpaired) electrons. The molecule has 0 aromatic heterocycles. The van der Waals surface area contributed by atoms with Crippen LogP contribution in [0.3, 0.4) is 0 Å². The van der Waals surface area contributed by atoms with Crippen LogP contribution in [0.2, 0.25) is 0 Å². The van der Waals surface area contributed by atoms with Gasteiger partial charge in [-0.05, 0) is 31.7 Å². The lowest BCUT2D eigenvalue weighted by atomic mass is 10.1. The van der Waals surface area contributed by atoms with E-state index in [4.69, 9.17) is 11.6 Å². The van der Waals surface area contributed by atoms with E-state index in [-0.39, 0.29) is 6.61 Å². The van der Waals surface area contributed by atoms with E-state index in [2.05, 4.69) is 9.64 Å². The molecule has 17 heavy (non-hydrogen) atoms. The molecule has 1 rings (SSSR count). The molecule has 1 saturated heterocycles. The first-order chi connectivity index (χ1) is 8.01. The van der Waals surface area contributed by atoms with Gasteiger partial charge < -0.3 is 9.64 Å². The molecule has 0 aliphatic carbocycles. The molecule has 1 unspecified atom stereocenters. The first-order valence-electron chi connectivity index (χ1n) is 5.94. The molecule has 1 aliphatic heterocycles. The molecular weight excluding hydrogens is 255 g/mol. The van der Waals surface area contributed by atoms with Gasteiger partial charge in [0.25, 0.3) is 0 Å². The monoisotopic (exact) mass is 273 g/mol. The van der Waals surface area contributed by atoms with E-state index in [1.807, 2.05) is 0 Å². The fourth-order valence-corrected chi connectivity index (χ4v) is 2.39. The van der Waals surface area contributed by atoms with Gasteiger partial charge in [0.1, 0.15) is 6.61 Å². The molecule has 102 valence electrons. The van der Waals surface area contributed by atoms with Crippen LogP contribution in [0, 0.1) is 5.92 Å². The Morgan fingerprint density at radius 2 is 2.12 bits per heavy atom.